The number of phenolic OH excluding ortho intramolecular Hbond substituents is 3. The first-order valence-electron chi connectivity index (χ1n) is 3.44. The Morgan fingerprint density at radius 2 is 1.69 bits per heavy atom. The molecule has 5 heteroatoms. The van der Waals surface area contributed by atoms with Gasteiger partial charge in [-0.2, -0.15) is 0 Å². The first kappa shape index (κ1) is 9.73. The summed E-state index contributed by atoms with van der Waals surface area (Å²) in [5.74, 6) is -0.818. The standard InChI is InChI=1S/C8H9NO3S/c1-13-8(9)7-5(11)2-4(10)3-6(7)12/h2-3,9-12H,1H3. The van der Waals surface area contributed by atoms with Crippen molar-refractivity contribution in [2.24, 2.45) is 0 Å². The van der Waals surface area contributed by atoms with Crippen LogP contribution in [0.15, 0.2) is 12.1 Å². The molecule has 70 valence electrons. The molecule has 0 radical (unpaired) electrons. The fourth-order valence-corrected chi connectivity index (χ4v) is 1.35. The highest BCUT2D eigenvalue weighted by Gasteiger charge is 2.13. The Labute approximate surface area is 79.4 Å². The number of aromatic hydroxyl groups is 3. The van der Waals surface area contributed by atoms with E-state index in [4.69, 9.17) is 10.5 Å². The van der Waals surface area contributed by atoms with Gasteiger partial charge >= 0.3 is 0 Å². The Hall–Kier alpha value is -1.36. The van der Waals surface area contributed by atoms with Gasteiger partial charge in [-0.3, -0.25) is 5.41 Å². The molecule has 13 heavy (non-hydrogen) atoms. The Morgan fingerprint density at radius 1 is 1.23 bits per heavy atom. The predicted molar refractivity (Wildman–Crippen MR) is 51.8 cm³/mol. The van der Waals surface area contributed by atoms with Gasteiger partial charge in [0.2, 0.25) is 0 Å². The largest absolute Gasteiger partial charge is 0.508 e. The Morgan fingerprint density at radius 3 is 2.08 bits per heavy atom. The Balaban J connectivity index is 3.28. The van der Waals surface area contributed by atoms with E-state index in [1.807, 2.05) is 0 Å². The molecule has 0 unspecified atom stereocenters. The molecule has 1 aromatic carbocycles. The molecule has 0 fully saturated rings. The van der Waals surface area contributed by atoms with Crippen molar-refractivity contribution in [3.05, 3.63) is 17.7 Å². The van der Waals surface area contributed by atoms with Crippen LogP contribution < -0.4 is 0 Å². The minimum Gasteiger partial charge on any atom is -0.508 e. The molecule has 0 bridgehead atoms. The minimum atomic E-state index is -0.295. The predicted octanol–water partition coefficient (Wildman–Crippen LogP) is 1.49. The summed E-state index contributed by atoms with van der Waals surface area (Å²) < 4.78 is 0. The SMILES string of the molecule is CSC(=N)c1c(O)cc(O)cc1O. The smallest absolute Gasteiger partial charge is 0.132 e. The molecule has 0 heterocycles. The van der Waals surface area contributed by atoms with Crippen LogP contribution in [0.25, 0.3) is 0 Å². The maximum atomic E-state index is 9.30. The molecule has 4 N–H and O–H groups in total. The highest BCUT2D eigenvalue weighted by Crippen LogP contribution is 2.33. The van der Waals surface area contributed by atoms with Crippen LogP contribution in [0, 0.1) is 5.41 Å². The van der Waals surface area contributed by atoms with Crippen LogP contribution in [-0.2, 0) is 0 Å². The van der Waals surface area contributed by atoms with Crippen LogP contribution in [-0.4, -0.2) is 26.6 Å². The van der Waals surface area contributed by atoms with Crippen LogP contribution in [0.1, 0.15) is 5.56 Å². The molecule has 1 rings (SSSR count). The molecule has 0 amide bonds. The summed E-state index contributed by atoms with van der Waals surface area (Å²) in [7, 11) is 0. The molecule has 0 aromatic heterocycles. The molecule has 0 saturated carbocycles. The number of nitrogens with one attached hydrogen (secondary N) is 1. The van der Waals surface area contributed by atoms with E-state index < -0.39 is 0 Å². The summed E-state index contributed by atoms with van der Waals surface area (Å²) in [6.45, 7) is 0. The van der Waals surface area contributed by atoms with Crippen molar-refractivity contribution >= 4 is 16.8 Å². The zero-order valence-corrected chi connectivity index (χ0v) is 7.72. The highest BCUT2D eigenvalue weighted by atomic mass is 32.2. The number of rotatable bonds is 1. The van der Waals surface area contributed by atoms with Crippen LogP contribution in [0.2, 0.25) is 0 Å². The second-order valence-corrected chi connectivity index (χ2v) is 3.21. The van der Waals surface area contributed by atoms with Crippen LogP contribution in [0.5, 0.6) is 17.2 Å². The monoisotopic (exact) mass is 199 g/mol. The third kappa shape index (κ3) is 1.86. The Kier molecular flexibility index (Phi) is 2.67. The second-order valence-electron chi connectivity index (χ2n) is 2.39. The fourth-order valence-electron chi connectivity index (χ4n) is 0.932. The lowest BCUT2D eigenvalue weighted by molar-refractivity contribution is 0.427. The van der Waals surface area contributed by atoms with Gasteiger partial charge in [-0.15, -0.1) is 11.8 Å². The lowest BCUT2D eigenvalue weighted by atomic mass is 10.2. The van der Waals surface area contributed by atoms with Gasteiger partial charge in [0.1, 0.15) is 22.3 Å². The van der Waals surface area contributed by atoms with Crippen molar-refractivity contribution in [1.82, 2.24) is 0 Å². The van der Waals surface area contributed by atoms with Gasteiger partial charge in [0.15, 0.2) is 0 Å². The van der Waals surface area contributed by atoms with Gasteiger partial charge in [-0.1, -0.05) is 0 Å². The molecule has 4 nitrogen and oxygen atoms in total. The molecule has 1 aromatic rings. The molecule has 0 saturated heterocycles. The highest BCUT2D eigenvalue weighted by molar-refractivity contribution is 8.13. The van der Waals surface area contributed by atoms with Gasteiger partial charge in [0.05, 0.1) is 5.56 Å². The normalized spacial score (nSPS) is 9.92. The average molecular weight is 199 g/mol. The fraction of sp³-hybridized carbons (Fsp3) is 0.125. The quantitative estimate of drug-likeness (QED) is 0.408. The summed E-state index contributed by atoms with van der Waals surface area (Å²) in [6, 6.07) is 2.17. The lowest BCUT2D eigenvalue weighted by Gasteiger charge is -2.06. The zero-order chi connectivity index (χ0) is 10.0. The Bertz CT molecular complexity index is 328. The average Bonchev–Trinajstić information content (AvgIpc) is 2.02. The van der Waals surface area contributed by atoms with E-state index in [-0.39, 0.29) is 27.9 Å². The third-order valence-electron chi connectivity index (χ3n) is 1.51. The first-order chi connectivity index (χ1) is 6.06. The zero-order valence-electron chi connectivity index (χ0n) is 6.90. The molecule has 0 atom stereocenters. The third-order valence-corrected chi connectivity index (χ3v) is 2.13. The molecule has 0 spiro atoms. The number of thioether (sulfide) groups is 1. The van der Waals surface area contributed by atoms with E-state index in [1.54, 1.807) is 6.26 Å². The number of benzene rings is 1. The van der Waals surface area contributed by atoms with Crippen LogP contribution in [0.3, 0.4) is 0 Å². The van der Waals surface area contributed by atoms with Crippen molar-refractivity contribution in [1.29, 1.82) is 5.41 Å². The summed E-state index contributed by atoms with van der Waals surface area (Å²) in [4.78, 5) is 0. The van der Waals surface area contributed by atoms with Gasteiger partial charge in [-0.05, 0) is 6.26 Å². The molecular formula is C8H9NO3S. The van der Waals surface area contributed by atoms with E-state index in [0.717, 1.165) is 23.9 Å². The molecular weight excluding hydrogens is 190 g/mol. The van der Waals surface area contributed by atoms with Gasteiger partial charge in [0, 0.05) is 12.1 Å². The van der Waals surface area contributed by atoms with E-state index >= 15 is 0 Å². The van der Waals surface area contributed by atoms with Crippen LogP contribution in [0.4, 0.5) is 0 Å². The van der Waals surface area contributed by atoms with E-state index in [9.17, 15) is 10.2 Å². The van der Waals surface area contributed by atoms with Gasteiger partial charge < -0.3 is 15.3 Å². The molecule has 0 aliphatic rings. The number of hydrogen-bond acceptors (Lipinski definition) is 5. The maximum absolute atomic E-state index is 9.30. The van der Waals surface area contributed by atoms with Crippen molar-refractivity contribution in [3.8, 4) is 17.2 Å². The lowest BCUT2D eigenvalue weighted by Crippen LogP contribution is -1.93. The summed E-state index contributed by atoms with van der Waals surface area (Å²) >= 11 is 1.09. The first-order valence-corrected chi connectivity index (χ1v) is 4.66. The molecule has 0 aliphatic heterocycles. The second kappa shape index (κ2) is 3.57. The summed E-state index contributed by atoms with van der Waals surface area (Å²) in [5, 5.41) is 35.0. The summed E-state index contributed by atoms with van der Waals surface area (Å²) in [5.41, 5.74) is 0.0466. The van der Waals surface area contributed by atoms with Crippen molar-refractivity contribution < 1.29 is 15.3 Å². The maximum Gasteiger partial charge on any atom is 0.132 e. The van der Waals surface area contributed by atoms with E-state index in [2.05, 4.69) is 0 Å². The van der Waals surface area contributed by atoms with Crippen molar-refractivity contribution in [2.75, 3.05) is 6.26 Å². The number of phenols is 3. The minimum absolute atomic E-state index is 0.0466. The van der Waals surface area contributed by atoms with Crippen LogP contribution >= 0.6 is 11.8 Å². The van der Waals surface area contributed by atoms with Gasteiger partial charge in [0.25, 0.3) is 0 Å². The van der Waals surface area contributed by atoms with Crippen molar-refractivity contribution in [3.63, 3.8) is 0 Å². The molecule has 0 aliphatic carbocycles. The van der Waals surface area contributed by atoms with Crippen molar-refractivity contribution in [2.45, 2.75) is 0 Å². The van der Waals surface area contributed by atoms with E-state index in [1.165, 1.54) is 0 Å². The van der Waals surface area contributed by atoms with E-state index in [0.29, 0.717) is 0 Å². The topological polar surface area (TPSA) is 84.5 Å². The van der Waals surface area contributed by atoms with Gasteiger partial charge in [-0.25, -0.2) is 0 Å². The summed E-state index contributed by atoms with van der Waals surface area (Å²) in [6.07, 6.45) is 1.66. The number of hydrogen-bond donors (Lipinski definition) is 4.